The highest BCUT2D eigenvalue weighted by molar-refractivity contribution is 7.93. The minimum atomic E-state index is -3.32. The Labute approximate surface area is 129 Å². The molecular weight excluding hydrogens is 312 g/mol. The molecule has 1 fully saturated rings. The van der Waals surface area contributed by atoms with E-state index in [0.29, 0.717) is 30.3 Å². The van der Waals surface area contributed by atoms with E-state index in [1.54, 1.807) is 12.3 Å². The second-order valence-electron chi connectivity index (χ2n) is 5.40. The van der Waals surface area contributed by atoms with Crippen molar-refractivity contribution in [3.05, 3.63) is 11.1 Å². The smallest absolute Gasteiger partial charge is 0.315 e. The molecule has 1 saturated carbocycles. The summed E-state index contributed by atoms with van der Waals surface area (Å²) in [5, 5.41) is 1.73. The lowest BCUT2D eigenvalue weighted by Crippen LogP contribution is -2.21. The fraction of sp³-hybridized carbons (Fsp3) is 0.692. The molecule has 1 unspecified atom stereocenters. The fourth-order valence-corrected chi connectivity index (χ4v) is 4.37. The number of anilines is 1. The van der Waals surface area contributed by atoms with E-state index in [1.807, 2.05) is 13.8 Å². The molecule has 0 amide bonds. The summed E-state index contributed by atoms with van der Waals surface area (Å²) in [5.41, 5.74) is 0.557. The maximum Gasteiger partial charge on any atom is 0.315 e. The van der Waals surface area contributed by atoms with E-state index in [9.17, 15) is 13.2 Å². The lowest BCUT2D eigenvalue weighted by atomic mass is 9.93. The van der Waals surface area contributed by atoms with Crippen LogP contribution in [0.25, 0.3) is 0 Å². The summed E-state index contributed by atoms with van der Waals surface area (Å²) in [6.07, 6.45) is 1.40. The van der Waals surface area contributed by atoms with Crippen LogP contribution >= 0.6 is 11.3 Å². The lowest BCUT2D eigenvalue weighted by molar-refractivity contribution is -0.146. The Morgan fingerprint density at radius 1 is 1.52 bits per heavy atom. The number of rotatable bonds is 7. The molecular formula is C13H20N2O4S2. The van der Waals surface area contributed by atoms with Gasteiger partial charge in [0.25, 0.3) is 0 Å². The summed E-state index contributed by atoms with van der Waals surface area (Å²) in [4.78, 5) is 16.3. The Bertz CT molecular complexity index is 605. The molecule has 0 bridgehead atoms. The Hall–Kier alpha value is -1.15. The van der Waals surface area contributed by atoms with E-state index < -0.39 is 15.9 Å². The van der Waals surface area contributed by atoms with Gasteiger partial charge in [0.15, 0.2) is 5.13 Å². The third-order valence-corrected chi connectivity index (χ3v) is 5.97. The molecule has 2 rings (SSSR count). The van der Waals surface area contributed by atoms with Gasteiger partial charge >= 0.3 is 5.97 Å². The zero-order valence-electron chi connectivity index (χ0n) is 12.3. The van der Waals surface area contributed by atoms with E-state index in [0.717, 1.165) is 0 Å². The summed E-state index contributed by atoms with van der Waals surface area (Å²) < 4.78 is 31.3. The zero-order valence-corrected chi connectivity index (χ0v) is 14.0. The SMILES string of the molecule is CCOC(=O)C(c1csc(NS(=O)(=O)C2CC2)n1)C(C)C. The van der Waals surface area contributed by atoms with Gasteiger partial charge in [0, 0.05) is 5.38 Å². The number of nitrogens with zero attached hydrogens (tertiary/aromatic N) is 1. The second kappa shape index (κ2) is 6.31. The number of thiazole rings is 1. The van der Waals surface area contributed by atoms with Crippen molar-refractivity contribution in [3.8, 4) is 0 Å². The summed E-state index contributed by atoms with van der Waals surface area (Å²) >= 11 is 1.19. The van der Waals surface area contributed by atoms with Crippen LogP contribution in [0.4, 0.5) is 5.13 Å². The quantitative estimate of drug-likeness (QED) is 0.775. The maximum atomic E-state index is 12.0. The van der Waals surface area contributed by atoms with Gasteiger partial charge in [-0.2, -0.15) is 0 Å². The van der Waals surface area contributed by atoms with Crippen molar-refractivity contribution in [2.45, 2.75) is 44.8 Å². The molecule has 0 aliphatic heterocycles. The van der Waals surface area contributed by atoms with Crippen molar-refractivity contribution >= 4 is 32.5 Å². The normalized spacial score (nSPS) is 16.8. The van der Waals surface area contributed by atoms with Gasteiger partial charge in [0.05, 0.1) is 17.6 Å². The van der Waals surface area contributed by atoms with Crippen LogP contribution < -0.4 is 4.72 Å². The summed E-state index contributed by atoms with van der Waals surface area (Å²) in [5.74, 6) is -0.770. The predicted molar refractivity (Wildman–Crippen MR) is 81.9 cm³/mol. The molecule has 0 saturated heterocycles. The number of ether oxygens (including phenoxy) is 1. The molecule has 1 aliphatic rings. The van der Waals surface area contributed by atoms with Crippen LogP contribution in [-0.4, -0.2) is 31.2 Å². The molecule has 8 heteroatoms. The third-order valence-electron chi connectivity index (χ3n) is 3.24. The number of hydrogen-bond acceptors (Lipinski definition) is 6. The first-order valence-electron chi connectivity index (χ1n) is 6.98. The Morgan fingerprint density at radius 3 is 2.71 bits per heavy atom. The van der Waals surface area contributed by atoms with Crippen LogP contribution in [-0.2, 0) is 19.6 Å². The minimum Gasteiger partial charge on any atom is -0.465 e. The van der Waals surface area contributed by atoms with Gasteiger partial charge in [0.1, 0.15) is 5.92 Å². The largest absolute Gasteiger partial charge is 0.465 e. The molecule has 1 aromatic rings. The number of sulfonamides is 1. The summed E-state index contributed by atoms with van der Waals surface area (Å²) in [6, 6.07) is 0. The van der Waals surface area contributed by atoms with E-state index in [4.69, 9.17) is 4.74 Å². The molecule has 0 spiro atoms. The van der Waals surface area contributed by atoms with Crippen molar-refractivity contribution in [3.63, 3.8) is 0 Å². The molecule has 0 aromatic carbocycles. The molecule has 1 aliphatic carbocycles. The molecule has 21 heavy (non-hydrogen) atoms. The molecule has 1 aromatic heterocycles. The van der Waals surface area contributed by atoms with E-state index in [1.165, 1.54) is 11.3 Å². The van der Waals surface area contributed by atoms with Crippen molar-refractivity contribution in [2.24, 2.45) is 5.92 Å². The Balaban J connectivity index is 2.14. The molecule has 1 atom stereocenters. The Kier molecular flexibility index (Phi) is 4.88. The van der Waals surface area contributed by atoms with Gasteiger partial charge in [-0.05, 0) is 25.7 Å². The number of carbonyl (C=O) groups is 1. The number of carbonyl (C=O) groups excluding carboxylic acids is 1. The van der Waals surface area contributed by atoms with Gasteiger partial charge in [-0.15, -0.1) is 11.3 Å². The predicted octanol–water partition coefficient (Wildman–Crippen LogP) is 2.35. The van der Waals surface area contributed by atoms with Crippen LogP contribution in [0.1, 0.15) is 45.2 Å². The highest BCUT2D eigenvalue weighted by atomic mass is 32.2. The average molecular weight is 332 g/mol. The number of aromatic nitrogens is 1. The highest BCUT2D eigenvalue weighted by Crippen LogP contribution is 2.33. The first kappa shape index (κ1) is 16.2. The molecule has 6 nitrogen and oxygen atoms in total. The Morgan fingerprint density at radius 2 is 2.19 bits per heavy atom. The second-order valence-corrected chi connectivity index (χ2v) is 8.22. The minimum absolute atomic E-state index is 0.0269. The van der Waals surface area contributed by atoms with Gasteiger partial charge in [0.2, 0.25) is 10.0 Å². The van der Waals surface area contributed by atoms with E-state index >= 15 is 0 Å². The van der Waals surface area contributed by atoms with Gasteiger partial charge in [-0.3, -0.25) is 9.52 Å². The van der Waals surface area contributed by atoms with Crippen LogP contribution in [0.3, 0.4) is 0 Å². The van der Waals surface area contributed by atoms with Crippen molar-refractivity contribution in [1.29, 1.82) is 0 Å². The summed E-state index contributed by atoms with van der Waals surface area (Å²) in [6.45, 7) is 5.89. The maximum absolute atomic E-state index is 12.0. The first-order chi connectivity index (χ1) is 9.85. The van der Waals surface area contributed by atoms with Crippen molar-refractivity contribution in [2.75, 3.05) is 11.3 Å². The number of hydrogen-bond donors (Lipinski definition) is 1. The van der Waals surface area contributed by atoms with Crippen molar-refractivity contribution in [1.82, 2.24) is 4.98 Å². The summed E-state index contributed by atoms with van der Waals surface area (Å²) in [7, 11) is -3.32. The molecule has 1 N–H and O–H groups in total. The average Bonchev–Trinajstić information content (AvgIpc) is 3.14. The van der Waals surface area contributed by atoms with Gasteiger partial charge in [-0.25, -0.2) is 13.4 Å². The van der Waals surface area contributed by atoms with Gasteiger partial charge in [-0.1, -0.05) is 13.8 Å². The highest BCUT2D eigenvalue weighted by Gasteiger charge is 2.36. The zero-order chi connectivity index (χ0) is 15.6. The topological polar surface area (TPSA) is 85.4 Å². The first-order valence-corrected chi connectivity index (χ1v) is 9.41. The number of nitrogens with one attached hydrogen (secondary N) is 1. The van der Waals surface area contributed by atoms with Crippen molar-refractivity contribution < 1.29 is 17.9 Å². The van der Waals surface area contributed by atoms with Crippen LogP contribution in [0, 0.1) is 5.92 Å². The van der Waals surface area contributed by atoms with Crippen LogP contribution in [0.15, 0.2) is 5.38 Å². The molecule has 1 heterocycles. The standard InChI is InChI=1S/C13H20N2O4S2/c1-4-19-12(16)11(8(2)3)10-7-20-13(14-10)15-21(17,18)9-5-6-9/h7-9,11H,4-6H2,1-3H3,(H,14,15). The van der Waals surface area contributed by atoms with Gasteiger partial charge < -0.3 is 4.74 Å². The van der Waals surface area contributed by atoms with E-state index in [2.05, 4.69) is 9.71 Å². The monoisotopic (exact) mass is 332 g/mol. The van der Waals surface area contributed by atoms with Crippen LogP contribution in [0.5, 0.6) is 0 Å². The molecule has 0 radical (unpaired) electrons. The molecule has 118 valence electrons. The van der Waals surface area contributed by atoms with E-state index in [-0.39, 0.29) is 17.1 Å². The number of esters is 1. The fourth-order valence-electron chi connectivity index (χ4n) is 2.03. The van der Waals surface area contributed by atoms with Crippen LogP contribution in [0.2, 0.25) is 0 Å². The third kappa shape index (κ3) is 3.94. The lowest BCUT2D eigenvalue weighted by Gasteiger charge is -2.16.